The molecule has 1 N–H and O–H groups in total. The van der Waals surface area contributed by atoms with E-state index in [-0.39, 0.29) is 6.10 Å². The molecule has 0 spiro atoms. The van der Waals surface area contributed by atoms with Crippen molar-refractivity contribution in [2.75, 3.05) is 25.4 Å². The maximum atomic E-state index is 10.3. The normalized spacial score (nSPS) is 17.9. The molecule has 7 heteroatoms. The van der Waals surface area contributed by atoms with E-state index < -0.39 is 0 Å². The van der Waals surface area contributed by atoms with Crippen molar-refractivity contribution in [1.29, 1.82) is 0 Å². The Balaban J connectivity index is 1.47. The van der Waals surface area contributed by atoms with Crippen molar-refractivity contribution in [1.82, 2.24) is 25.1 Å². The molecule has 0 saturated carbocycles. The van der Waals surface area contributed by atoms with Gasteiger partial charge in [0.25, 0.3) is 0 Å². The van der Waals surface area contributed by atoms with Crippen molar-refractivity contribution < 1.29 is 5.11 Å². The molecule has 1 fully saturated rings. The summed E-state index contributed by atoms with van der Waals surface area (Å²) in [6.07, 6.45) is 2.11. The SMILES string of the molecule is CC1CCN(CC(O)CSc2nnnn2Cc2ccccc2)CC1. The second-order valence-corrected chi connectivity index (χ2v) is 7.54. The Labute approximate surface area is 147 Å². The van der Waals surface area contributed by atoms with Gasteiger partial charge in [-0.15, -0.1) is 5.10 Å². The minimum atomic E-state index is -0.356. The van der Waals surface area contributed by atoms with Crippen LogP contribution in [0.25, 0.3) is 0 Å². The van der Waals surface area contributed by atoms with E-state index in [4.69, 9.17) is 0 Å². The minimum Gasteiger partial charge on any atom is -0.391 e. The number of hydrogen-bond donors (Lipinski definition) is 1. The van der Waals surface area contributed by atoms with E-state index in [9.17, 15) is 5.11 Å². The number of aliphatic hydroxyl groups excluding tert-OH is 1. The summed E-state index contributed by atoms with van der Waals surface area (Å²) in [5.74, 6) is 1.43. The molecule has 1 aromatic heterocycles. The molecule has 130 valence electrons. The molecule has 1 unspecified atom stereocenters. The predicted octanol–water partition coefficient (Wildman–Crippen LogP) is 1.91. The van der Waals surface area contributed by atoms with Crippen molar-refractivity contribution in [3.05, 3.63) is 35.9 Å². The summed E-state index contributed by atoms with van der Waals surface area (Å²) in [5.41, 5.74) is 1.16. The van der Waals surface area contributed by atoms with Crippen LogP contribution < -0.4 is 0 Å². The predicted molar refractivity (Wildman–Crippen MR) is 94.9 cm³/mol. The molecule has 1 aromatic carbocycles. The van der Waals surface area contributed by atoms with Gasteiger partial charge in [0.1, 0.15) is 0 Å². The second-order valence-electron chi connectivity index (χ2n) is 6.55. The number of nitrogens with zero attached hydrogens (tertiary/aromatic N) is 5. The minimum absolute atomic E-state index is 0.356. The average molecular weight is 347 g/mol. The van der Waals surface area contributed by atoms with Gasteiger partial charge in [0.2, 0.25) is 5.16 Å². The third-order valence-electron chi connectivity index (χ3n) is 4.42. The van der Waals surface area contributed by atoms with Gasteiger partial charge in [-0.25, -0.2) is 4.68 Å². The molecular formula is C17H25N5OS. The molecule has 1 aliphatic heterocycles. The molecule has 0 amide bonds. The highest BCUT2D eigenvalue weighted by molar-refractivity contribution is 7.99. The molecule has 1 saturated heterocycles. The Bertz CT molecular complexity index is 612. The Morgan fingerprint density at radius 3 is 2.75 bits per heavy atom. The smallest absolute Gasteiger partial charge is 0.209 e. The van der Waals surface area contributed by atoms with E-state index in [1.165, 1.54) is 24.6 Å². The lowest BCUT2D eigenvalue weighted by molar-refractivity contribution is 0.105. The van der Waals surface area contributed by atoms with Crippen LogP contribution in [0.1, 0.15) is 25.3 Å². The lowest BCUT2D eigenvalue weighted by Gasteiger charge is -2.31. The van der Waals surface area contributed by atoms with E-state index >= 15 is 0 Å². The number of likely N-dealkylation sites (tertiary alicyclic amines) is 1. The lowest BCUT2D eigenvalue weighted by atomic mass is 9.99. The van der Waals surface area contributed by atoms with Gasteiger partial charge >= 0.3 is 0 Å². The molecule has 0 bridgehead atoms. The molecule has 6 nitrogen and oxygen atoms in total. The summed E-state index contributed by atoms with van der Waals surface area (Å²) in [5, 5.41) is 23.0. The zero-order valence-electron chi connectivity index (χ0n) is 14.1. The topological polar surface area (TPSA) is 67.1 Å². The number of aromatic nitrogens is 4. The van der Waals surface area contributed by atoms with Crippen LogP contribution in [0.2, 0.25) is 0 Å². The van der Waals surface area contributed by atoms with Crippen LogP contribution in [0.3, 0.4) is 0 Å². The highest BCUT2D eigenvalue weighted by atomic mass is 32.2. The van der Waals surface area contributed by atoms with Gasteiger partial charge in [-0.2, -0.15) is 0 Å². The number of rotatable bonds is 7. The second kappa shape index (κ2) is 8.60. The molecule has 3 rings (SSSR count). The molecule has 1 aliphatic rings. The van der Waals surface area contributed by atoms with Crippen LogP contribution in [0.4, 0.5) is 0 Å². The van der Waals surface area contributed by atoms with Crippen molar-refractivity contribution in [2.45, 2.75) is 37.6 Å². The van der Waals surface area contributed by atoms with Crippen LogP contribution in [-0.4, -0.2) is 61.7 Å². The van der Waals surface area contributed by atoms with E-state index in [0.29, 0.717) is 12.3 Å². The molecule has 0 radical (unpaired) electrons. The number of piperidine rings is 1. The summed E-state index contributed by atoms with van der Waals surface area (Å²) in [6.45, 7) is 5.87. The highest BCUT2D eigenvalue weighted by Gasteiger charge is 2.19. The van der Waals surface area contributed by atoms with Gasteiger partial charge in [-0.1, -0.05) is 49.0 Å². The summed E-state index contributed by atoms with van der Waals surface area (Å²) < 4.78 is 1.79. The van der Waals surface area contributed by atoms with Gasteiger partial charge in [-0.05, 0) is 47.8 Å². The van der Waals surface area contributed by atoms with Crippen LogP contribution in [-0.2, 0) is 6.54 Å². The fourth-order valence-corrected chi connectivity index (χ4v) is 3.71. The summed E-state index contributed by atoms with van der Waals surface area (Å²) in [6, 6.07) is 10.1. The summed E-state index contributed by atoms with van der Waals surface area (Å²) in [7, 11) is 0. The van der Waals surface area contributed by atoms with Gasteiger partial charge in [0.05, 0.1) is 12.6 Å². The largest absolute Gasteiger partial charge is 0.391 e. The Morgan fingerprint density at radius 1 is 1.25 bits per heavy atom. The van der Waals surface area contributed by atoms with Crippen LogP contribution in [0.15, 0.2) is 35.5 Å². The number of tetrazole rings is 1. The molecule has 2 aromatic rings. The Kier molecular flexibility index (Phi) is 6.23. The van der Waals surface area contributed by atoms with E-state index in [1.807, 2.05) is 18.2 Å². The van der Waals surface area contributed by atoms with Gasteiger partial charge in [-0.3, -0.25) is 0 Å². The number of β-amino-alcohol motifs (C(OH)–C–C–N with tert-alkyl or cyclic N) is 1. The first-order valence-corrected chi connectivity index (χ1v) is 9.52. The standard InChI is InChI=1S/C17H25N5OS/c1-14-7-9-21(10-8-14)12-16(23)13-24-17-18-19-20-22(17)11-15-5-3-2-4-6-15/h2-6,14,16,23H,7-13H2,1H3. The summed E-state index contributed by atoms with van der Waals surface area (Å²) >= 11 is 1.52. The zero-order chi connectivity index (χ0) is 16.8. The highest BCUT2D eigenvalue weighted by Crippen LogP contribution is 2.19. The molecule has 0 aliphatic carbocycles. The van der Waals surface area contributed by atoms with Crippen molar-refractivity contribution in [3.63, 3.8) is 0 Å². The van der Waals surface area contributed by atoms with E-state index in [2.05, 4.69) is 39.5 Å². The number of benzene rings is 1. The maximum absolute atomic E-state index is 10.3. The maximum Gasteiger partial charge on any atom is 0.209 e. The van der Waals surface area contributed by atoms with Crippen molar-refractivity contribution in [2.24, 2.45) is 5.92 Å². The fraction of sp³-hybridized carbons (Fsp3) is 0.588. The lowest BCUT2D eigenvalue weighted by Crippen LogP contribution is -2.39. The van der Waals surface area contributed by atoms with Gasteiger partial charge in [0, 0.05) is 12.3 Å². The molecule has 24 heavy (non-hydrogen) atoms. The fourth-order valence-electron chi connectivity index (χ4n) is 2.92. The Morgan fingerprint density at radius 2 is 2.00 bits per heavy atom. The first kappa shape index (κ1) is 17.4. The first-order valence-electron chi connectivity index (χ1n) is 8.54. The third-order valence-corrected chi connectivity index (χ3v) is 5.53. The van der Waals surface area contributed by atoms with Gasteiger partial charge in [0.15, 0.2) is 0 Å². The van der Waals surface area contributed by atoms with E-state index in [1.54, 1.807) is 4.68 Å². The Hall–Kier alpha value is -1.44. The van der Waals surface area contributed by atoms with E-state index in [0.717, 1.165) is 36.3 Å². The van der Waals surface area contributed by atoms with Crippen LogP contribution in [0, 0.1) is 5.92 Å². The number of thioether (sulfide) groups is 1. The van der Waals surface area contributed by atoms with Crippen molar-refractivity contribution >= 4 is 11.8 Å². The molecule has 1 atom stereocenters. The molecule has 2 heterocycles. The van der Waals surface area contributed by atoms with Crippen LogP contribution in [0.5, 0.6) is 0 Å². The monoisotopic (exact) mass is 347 g/mol. The van der Waals surface area contributed by atoms with Gasteiger partial charge < -0.3 is 10.0 Å². The number of hydrogen-bond acceptors (Lipinski definition) is 6. The number of aliphatic hydroxyl groups is 1. The van der Waals surface area contributed by atoms with Crippen molar-refractivity contribution in [3.8, 4) is 0 Å². The zero-order valence-corrected chi connectivity index (χ0v) is 14.9. The summed E-state index contributed by atoms with van der Waals surface area (Å²) in [4.78, 5) is 2.36. The first-order chi connectivity index (χ1) is 11.7. The molecular weight excluding hydrogens is 322 g/mol. The average Bonchev–Trinajstić information content (AvgIpc) is 3.03. The van der Waals surface area contributed by atoms with Crippen LogP contribution >= 0.6 is 11.8 Å². The third kappa shape index (κ3) is 5.03. The quantitative estimate of drug-likeness (QED) is 0.772.